The molecule has 0 aromatic heterocycles. The van der Waals surface area contributed by atoms with Crippen molar-refractivity contribution in [3.05, 3.63) is 0 Å². The molecule has 0 bridgehead atoms. The molecule has 0 nitrogen and oxygen atoms in total. The minimum Gasteiger partial charge on any atom is -0.0839 e. The van der Waals surface area contributed by atoms with Gasteiger partial charge in [0, 0.05) is 0 Å². The van der Waals surface area contributed by atoms with E-state index in [9.17, 15) is 0 Å². The molecule has 0 aliphatic carbocycles. The predicted molar refractivity (Wildman–Crippen MR) is 51.8 cm³/mol. The summed E-state index contributed by atoms with van der Waals surface area (Å²) in [5.74, 6) is 0. The Morgan fingerprint density at radius 2 is 1.60 bits per heavy atom. The molecular formula is C8H18B2. The van der Waals surface area contributed by atoms with Crippen molar-refractivity contribution in [3.63, 3.8) is 0 Å². The Labute approximate surface area is 66.1 Å². The first-order valence-corrected chi connectivity index (χ1v) is 4.61. The van der Waals surface area contributed by atoms with Gasteiger partial charge in [0.1, 0.15) is 14.0 Å². The average molecular weight is 136 g/mol. The van der Waals surface area contributed by atoms with Gasteiger partial charge in [-0.2, -0.15) is 0 Å². The van der Waals surface area contributed by atoms with Gasteiger partial charge in [-0.1, -0.05) is 51.4 Å². The molecule has 1 aliphatic heterocycles. The van der Waals surface area contributed by atoms with Gasteiger partial charge in [-0.25, -0.2) is 0 Å². The molecule has 1 aliphatic rings. The summed E-state index contributed by atoms with van der Waals surface area (Å²) >= 11 is 0. The molecule has 0 atom stereocenters. The molecular weight excluding hydrogens is 118 g/mol. The van der Waals surface area contributed by atoms with Crippen molar-refractivity contribution in [2.75, 3.05) is 0 Å². The Bertz CT molecular complexity index is 98.3. The highest BCUT2D eigenvalue weighted by Crippen LogP contribution is 2.35. The van der Waals surface area contributed by atoms with Crippen LogP contribution in [0.2, 0.25) is 30.6 Å². The SMILES string of the molecule is CC(C)(C)B1CCBCC1. The van der Waals surface area contributed by atoms with Crippen LogP contribution in [-0.4, -0.2) is 14.0 Å². The molecule has 0 radical (unpaired) electrons. The van der Waals surface area contributed by atoms with Crippen LogP contribution in [0.3, 0.4) is 0 Å². The van der Waals surface area contributed by atoms with Crippen LogP contribution in [0, 0.1) is 0 Å². The summed E-state index contributed by atoms with van der Waals surface area (Å²) in [6.07, 6.45) is 5.90. The first-order chi connectivity index (χ1) is 4.61. The van der Waals surface area contributed by atoms with Gasteiger partial charge in [0.15, 0.2) is 0 Å². The first kappa shape index (κ1) is 8.23. The molecule has 56 valence electrons. The Hall–Kier alpha value is 0.130. The van der Waals surface area contributed by atoms with Crippen molar-refractivity contribution in [2.24, 2.45) is 0 Å². The van der Waals surface area contributed by atoms with Crippen LogP contribution in [0.5, 0.6) is 0 Å². The fourth-order valence-electron chi connectivity index (χ4n) is 1.97. The Morgan fingerprint density at radius 3 is 1.90 bits per heavy atom. The van der Waals surface area contributed by atoms with Gasteiger partial charge in [-0.05, 0) is 0 Å². The molecule has 10 heavy (non-hydrogen) atoms. The van der Waals surface area contributed by atoms with E-state index in [1.54, 1.807) is 0 Å². The summed E-state index contributed by atoms with van der Waals surface area (Å²) < 4.78 is 0. The van der Waals surface area contributed by atoms with Gasteiger partial charge in [0.25, 0.3) is 0 Å². The molecule has 0 saturated carbocycles. The monoisotopic (exact) mass is 136 g/mol. The Morgan fingerprint density at radius 1 is 1.10 bits per heavy atom. The van der Waals surface area contributed by atoms with Crippen LogP contribution >= 0.6 is 0 Å². The third kappa shape index (κ3) is 2.07. The lowest BCUT2D eigenvalue weighted by molar-refractivity contribution is 0.725. The molecule has 0 unspecified atom stereocenters. The fourth-order valence-corrected chi connectivity index (χ4v) is 1.97. The minimum atomic E-state index is 0.570. The van der Waals surface area contributed by atoms with Crippen LogP contribution in [0.25, 0.3) is 0 Å². The molecule has 1 heterocycles. The standard InChI is InChI=1S/C8H18B2/c1-8(2,3)10-6-4-9-5-7-10/h9H,4-7H2,1-3H3. The second-order valence-electron chi connectivity index (χ2n) is 4.70. The molecule has 1 saturated heterocycles. The molecule has 1 fully saturated rings. The molecule has 0 amide bonds. The summed E-state index contributed by atoms with van der Waals surface area (Å²) in [6, 6.07) is 0. The predicted octanol–water partition coefficient (Wildman–Crippen LogP) is 2.57. The maximum Gasteiger partial charge on any atom is 0.144 e. The summed E-state index contributed by atoms with van der Waals surface area (Å²) in [4.78, 5) is 0. The third-order valence-electron chi connectivity index (χ3n) is 2.83. The van der Waals surface area contributed by atoms with Crippen LogP contribution in [0.4, 0.5) is 0 Å². The van der Waals surface area contributed by atoms with E-state index in [2.05, 4.69) is 20.8 Å². The maximum atomic E-state index is 2.38. The van der Waals surface area contributed by atoms with Crippen molar-refractivity contribution in [1.82, 2.24) is 0 Å². The lowest BCUT2D eigenvalue weighted by Crippen LogP contribution is -2.28. The van der Waals surface area contributed by atoms with Gasteiger partial charge < -0.3 is 0 Å². The molecule has 0 aromatic carbocycles. The zero-order valence-electron chi connectivity index (χ0n) is 7.61. The van der Waals surface area contributed by atoms with E-state index >= 15 is 0 Å². The average Bonchev–Trinajstić information content (AvgIpc) is 1.88. The van der Waals surface area contributed by atoms with E-state index in [0.29, 0.717) is 5.31 Å². The zero-order chi connectivity index (χ0) is 7.61. The molecule has 2 heteroatoms. The van der Waals surface area contributed by atoms with Crippen LogP contribution in [-0.2, 0) is 0 Å². The van der Waals surface area contributed by atoms with E-state index in [-0.39, 0.29) is 0 Å². The van der Waals surface area contributed by atoms with E-state index in [1.807, 2.05) is 0 Å². The Kier molecular flexibility index (Phi) is 2.49. The van der Waals surface area contributed by atoms with Gasteiger partial charge in [0.05, 0.1) is 0 Å². The zero-order valence-corrected chi connectivity index (χ0v) is 7.61. The lowest BCUT2D eigenvalue weighted by atomic mass is 9.25. The quantitative estimate of drug-likeness (QED) is 0.448. The minimum absolute atomic E-state index is 0.570. The summed E-state index contributed by atoms with van der Waals surface area (Å²) in [7, 11) is 1.48. The molecule has 0 N–H and O–H groups in total. The summed E-state index contributed by atoms with van der Waals surface area (Å²) in [6.45, 7) is 8.14. The van der Waals surface area contributed by atoms with Gasteiger partial charge >= 0.3 is 0 Å². The van der Waals surface area contributed by atoms with E-state index in [1.165, 1.54) is 32.6 Å². The third-order valence-corrected chi connectivity index (χ3v) is 2.83. The van der Waals surface area contributed by atoms with Crippen LogP contribution < -0.4 is 0 Å². The molecule has 0 aromatic rings. The second-order valence-corrected chi connectivity index (χ2v) is 4.70. The maximum absolute atomic E-state index is 2.38. The van der Waals surface area contributed by atoms with E-state index < -0.39 is 0 Å². The van der Waals surface area contributed by atoms with Gasteiger partial charge in [0.2, 0.25) is 0 Å². The highest BCUT2D eigenvalue weighted by molar-refractivity contribution is 6.66. The number of hydrogen-bond acceptors (Lipinski definition) is 0. The topological polar surface area (TPSA) is 0 Å². The number of rotatable bonds is 0. The van der Waals surface area contributed by atoms with Crippen molar-refractivity contribution < 1.29 is 0 Å². The number of hydrogen-bond donors (Lipinski definition) is 0. The normalized spacial score (nSPS) is 20.5. The van der Waals surface area contributed by atoms with Gasteiger partial charge in [-0.3, -0.25) is 0 Å². The van der Waals surface area contributed by atoms with Crippen LogP contribution in [0.15, 0.2) is 0 Å². The summed E-state index contributed by atoms with van der Waals surface area (Å²) in [5.41, 5.74) is 0. The smallest absolute Gasteiger partial charge is 0.0839 e. The highest BCUT2D eigenvalue weighted by Gasteiger charge is 2.29. The second kappa shape index (κ2) is 3.02. The molecule has 0 spiro atoms. The largest absolute Gasteiger partial charge is 0.144 e. The van der Waals surface area contributed by atoms with Crippen molar-refractivity contribution in [1.29, 1.82) is 0 Å². The highest BCUT2D eigenvalue weighted by atomic mass is 14.1. The Balaban J connectivity index is 2.39. The van der Waals surface area contributed by atoms with Gasteiger partial charge in [-0.15, -0.1) is 0 Å². The fraction of sp³-hybridized carbons (Fsp3) is 1.00. The summed E-state index contributed by atoms with van der Waals surface area (Å²) in [5, 5.41) is 0.570. The van der Waals surface area contributed by atoms with Crippen molar-refractivity contribution in [3.8, 4) is 0 Å². The lowest BCUT2D eigenvalue weighted by Gasteiger charge is -2.30. The van der Waals surface area contributed by atoms with Crippen molar-refractivity contribution >= 4 is 14.0 Å². The van der Waals surface area contributed by atoms with Crippen molar-refractivity contribution in [2.45, 2.75) is 51.4 Å². The molecule has 1 rings (SSSR count). The first-order valence-electron chi connectivity index (χ1n) is 4.61. The van der Waals surface area contributed by atoms with Crippen LogP contribution in [0.1, 0.15) is 20.8 Å². The van der Waals surface area contributed by atoms with E-state index in [4.69, 9.17) is 0 Å². The van der Waals surface area contributed by atoms with E-state index in [0.717, 1.165) is 6.71 Å².